The summed E-state index contributed by atoms with van der Waals surface area (Å²) in [4.78, 5) is 11.6. The van der Waals surface area contributed by atoms with Crippen molar-refractivity contribution in [3.8, 4) is 22.8 Å². The Labute approximate surface area is 109 Å². The van der Waals surface area contributed by atoms with Gasteiger partial charge in [0, 0.05) is 0 Å². The first-order chi connectivity index (χ1) is 9.21. The molecule has 2 rings (SSSR count). The highest BCUT2D eigenvalue weighted by Crippen LogP contribution is 2.34. The predicted octanol–water partition coefficient (Wildman–Crippen LogP) is 2.15. The molecule has 6 heteroatoms. The molecule has 0 spiro atoms. The van der Waals surface area contributed by atoms with Crippen LogP contribution >= 0.6 is 0 Å². The van der Waals surface area contributed by atoms with E-state index in [1.807, 2.05) is 0 Å². The molecule has 0 saturated carbocycles. The van der Waals surface area contributed by atoms with Crippen LogP contribution in [0, 0.1) is 0 Å². The Morgan fingerprint density at radius 2 is 2.00 bits per heavy atom. The van der Waals surface area contributed by atoms with Crippen LogP contribution < -0.4 is 9.47 Å². The maximum absolute atomic E-state index is 11.6. The number of carbonyl (C=O) groups excluding carboxylic acids is 1. The van der Waals surface area contributed by atoms with Crippen molar-refractivity contribution in [2.24, 2.45) is 0 Å². The molecule has 1 aromatic carbocycles. The number of esters is 1. The highest BCUT2D eigenvalue weighted by atomic mass is 16.5. The minimum absolute atomic E-state index is 0.231. The molecule has 0 aliphatic heterocycles. The SMILES string of the molecule is COC(=O)c1conc1-c1cc(OC)ccc1OC. The molecule has 19 heavy (non-hydrogen) atoms. The number of rotatable bonds is 4. The van der Waals surface area contributed by atoms with Crippen LogP contribution in [0.4, 0.5) is 0 Å². The van der Waals surface area contributed by atoms with Crippen LogP contribution in [0.3, 0.4) is 0 Å². The molecule has 0 bridgehead atoms. The second-order valence-corrected chi connectivity index (χ2v) is 3.63. The third-order valence-corrected chi connectivity index (χ3v) is 2.64. The predicted molar refractivity (Wildman–Crippen MR) is 66.4 cm³/mol. The van der Waals surface area contributed by atoms with Crippen molar-refractivity contribution < 1.29 is 23.5 Å². The van der Waals surface area contributed by atoms with Gasteiger partial charge in [0.25, 0.3) is 0 Å². The standard InChI is InChI=1S/C13H13NO5/c1-16-8-4-5-11(17-2)9(6-8)12-10(7-19-14-12)13(15)18-3/h4-7H,1-3H3. The normalized spacial score (nSPS) is 10.1. The van der Waals surface area contributed by atoms with Gasteiger partial charge in [0.05, 0.1) is 26.9 Å². The van der Waals surface area contributed by atoms with Gasteiger partial charge in [-0.15, -0.1) is 0 Å². The van der Waals surface area contributed by atoms with Gasteiger partial charge < -0.3 is 18.7 Å². The molecule has 100 valence electrons. The average molecular weight is 263 g/mol. The Balaban J connectivity index is 2.57. The summed E-state index contributed by atoms with van der Waals surface area (Å²) < 4.78 is 19.9. The van der Waals surface area contributed by atoms with Crippen molar-refractivity contribution in [1.82, 2.24) is 5.16 Å². The van der Waals surface area contributed by atoms with Crippen molar-refractivity contribution in [2.75, 3.05) is 21.3 Å². The van der Waals surface area contributed by atoms with Gasteiger partial charge in [-0.25, -0.2) is 4.79 Å². The van der Waals surface area contributed by atoms with Gasteiger partial charge in [-0.3, -0.25) is 0 Å². The fourth-order valence-corrected chi connectivity index (χ4v) is 1.68. The van der Waals surface area contributed by atoms with E-state index in [9.17, 15) is 4.79 Å². The van der Waals surface area contributed by atoms with Crippen molar-refractivity contribution in [3.63, 3.8) is 0 Å². The molecule has 0 radical (unpaired) electrons. The van der Waals surface area contributed by atoms with E-state index in [4.69, 9.17) is 14.0 Å². The Hall–Kier alpha value is -2.50. The van der Waals surface area contributed by atoms with E-state index in [0.29, 0.717) is 22.8 Å². The first-order valence-corrected chi connectivity index (χ1v) is 5.46. The fourth-order valence-electron chi connectivity index (χ4n) is 1.68. The maximum Gasteiger partial charge on any atom is 0.343 e. The van der Waals surface area contributed by atoms with Crippen LogP contribution in [0.2, 0.25) is 0 Å². The Morgan fingerprint density at radius 3 is 2.63 bits per heavy atom. The van der Waals surface area contributed by atoms with Crippen LogP contribution in [0.25, 0.3) is 11.3 Å². The number of benzene rings is 1. The lowest BCUT2D eigenvalue weighted by molar-refractivity contribution is 0.0600. The zero-order valence-electron chi connectivity index (χ0n) is 10.8. The van der Waals surface area contributed by atoms with E-state index in [0.717, 1.165) is 0 Å². The molecule has 0 amide bonds. The molecular weight excluding hydrogens is 250 g/mol. The Morgan fingerprint density at radius 1 is 1.21 bits per heavy atom. The molecule has 1 aromatic heterocycles. The topological polar surface area (TPSA) is 70.8 Å². The van der Waals surface area contributed by atoms with Crippen molar-refractivity contribution in [3.05, 3.63) is 30.0 Å². The summed E-state index contributed by atoms with van der Waals surface area (Å²) in [5.41, 5.74) is 1.17. The number of nitrogens with zero attached hydrogens (tertiary/aromatic N) is 1. The zero-order chi connectivity index (χ0) is 13.8. The van der Waals surface area contributed by atoms with Crippen LogP contribution in [-0.4, -0.2) is 32.5 Å². The molecule has 0 saturated heterocycles. The van der Waals surface area contributed by atoms with E-state index in [-0.39, 0.29) is 5.56 Å². The molecule has 0 atom stereocenters. The summed E-state index contributed by atoms with van der Waals surface area (Å²) in [6, 6.07) is 5.19. The van der Waals surface area contributed by atoms with Crippen LogP contribution in [0.1, 0.15) is 10.4 Å². The van der Waals surface area contributed by atoms with Gasteiger partial charge in [0.2, 0.25) is 0 Å². The van der Waals surface area contributed by atoms with E-state index in [1.54, 1.807) is 25.3 Å². The first-order valence-electron chi connectivity index (χ1n) is 5.46. The van der Waals surface area contributed by atoms with Crippen molar-refractivity contribution >= 4 is 5.97 Å². The van der Waals surface area contributed by atoms with Crippen LogP contribution in [0.15, 0.2) is 29.0 Å². The minimum Gasteiger partial charge on any atom is -0.497 e. The minimum atomic E-state index is -0.527. The lowest BCUT2D eigenvalue weighted by Crippen LogP contribution is -2.02. The first kappa shape index (κ1) is 12.9. The highest BCUT2D eigenvalue weighted by molar-refractivity contribution is 5.96. The number of hydrogen-bond acceptors (Lipinski definition) is 6. The third kappa shape index (κ3) is 2.37. The van der Waals surface area contributed by atoms with Gasteiger partial charge >= 0.3 is 5.97 Å². The number of hydrogen-bond donors (Lipinski definition) is 0. The molecule has 0 unspecified atom stereocenters. The van der Waals surface area contributed by atoms with Crippen LogP contribution in [-0.2, 0) is 4.74 Å². The average Bonchev–Trinajstić information content (AvgIpc) is 2.94. The quantitative estimate of drug-likeness (QED) is 0.787. The Bertz CT molecular complexity index is 590. The van der Waals surface area contributed by atoms with Gasteiger partial charge in [0.15, 0.2) is 0 Å². The van der Waals surface area contributed by atoms with Gasteiger partial charge in [0.1, 0.15) is 29.0 Å². The molecule has 1 heterocycles. The van der Waals surface area contributed by atoms with Gasteiger partial charge in [-0.05, 0) is 18.2 Å². The monoisotopic (exact) mass is 263 g/mol. The Kier molecular flexibility index (Phi) is 3.70. The molecule has 2 aromatic rings. The molecule has 6 nitrogen and oxygen atoms in total. The molecular formula is C13H13NO5. The lowest BCUT2D eigenvalue weighted by atomic mass is 10.1. The van der Waals surface area contributed by atoms with Gasteiger partial charge in [-0.1, -0.05) is 5.16 Å². The van der Waals surface area contributed by atoms with E-state index >= 15 is 0 Å². The highest BCUT2D eigenvalue weighted by Gasteiger charge is 2.21. The van der Waals surface area contributed by atoms with Gasteiger partial charge in [-0.2, -0.15) is 0 Å². The third-order valence-electron chi connectivity index (χ3n) is 2.64. The number of methoxy groups -OCH3 is 3. The zero-order valence-corrected chi connectivity index (χ0v) is 10.8. The summed E-state index contributed by atoms with van der Waals surface area (Å²) in [7, 11) is 4.38. The fraction of sp³-hybridized carbons (Fsp3) is 0.231. The van der Waals surface area contributed by atoms with Crippen molar-refractivity contribution in [2.45, 2.75) is 0 Å². The summed E-state index contributed by atoms with van der Waals surface area (Å²) in [6.07, 6.45) is 1.24. The number of ether oxygens (including phenoxy) is 3. The van der Waals surface area contributed by atoms with E-state index in [1.165, 1.54) is 20.5 Å². The largest absolute Gasteiger partial charge is 0.497 e. The molecule has 0 fully saturated rings. The second kappa shape index (κ2) is 5.43. The number of aromatic nitrogens is 1. The summed E-state index contributed by atoms with van der Waals surface area (Å²) >= 11 is 0. The molecule has 0 aliphatic carbocycles. The number of carbonyl (C=O) groups is 1. The smallest absolute Gasteiger partial charge is 0.343 e. The van der Waals surface area contributed by atoms with Crippen LogP contribution in [0.5, 0.6) is 11.5 Å². The summed E-state index contributed by atoms with van der Waals surface area (Å²) in [5, 5.41) is 3.83. The maximum atomic E-state index is 11.6. The van der Waals surface area contributed by atoms with E-state index in [2.05, 4.69) is 9.89 Å². The summed E-state index contributed by atoms with van der Waals surface area (Å²) in [5.74, 6) is 0.649. The molecule has 0 aliphatic rings. The summed E-state index contributed by atoms with van der Waals surface area (Å²) in [6.45, 7) is 0. The molecule has 0 N–H and O–H groups in total. The van der Waals surface area contributed by atoms with Crippen molar-refractivity contribution in [1.29, 1.82) is 0 Å². The van der Waals surface area contributed by atoms with E-state index < -0.39 is 5.97 Å². The second-order valence-electron chi connectivity index (χ2n) is 3.63. The lowest BCUT2D eigenvalue weighted by Gasteiger charge is -2.09.